The van der Waals surface area contributed by atoms with E-state index in [2.05, 4.69) is 5.32 Å². The van der Waals surface area contributed by atoms with Gasteiger partial charge in [-0.15, -0.1) is 0 Å². The van der Waals surface area contributed by atoms with E-state index in [1.165, 1.54) is 0 Å². The molecule has 0 saturated carbocycles. The van der Waals surface area contributed by atoms with E-state index in [1.54, 1.807) is 6.92 Å². The molecule has 114 valence electrons. The lowest BCUT2D eigenvalue weighted by Crippen LogP contribution is -2.43. The average molecular weight is 289 g/mol. The van der Waals surface area contributed by atoms with Crippen molar-refractivity contribution in [3.05, 3.63) is 41.5 Å². The second-order valence-electron chi connectivity index (χ2n) is 5.69. The first-order chi connectivity index (χ1) is 10.2. The number of aliphatic hydroxyl groups excluding tert-OH is 1. The van der Waals surface area contributed by atoms with Gasteiger partial charge in [0.25, 0.3) is 0 Å². The summed E-state index contributed by atoms with van der Waals surface area (Å²) < 4.78 is 5.32. The number of carbonyl (C=O) groups excluding carboxylic acids is 1. The van der Waals surface area contributed by atoms with E-state index in [-0.39, 0.29) is 17.9 Å². The van der Waals surface area contributed by atoms with Crippen LogP contribution < -0.4 is 5.32 Å². The van der Waals surface area contributed by atoms with Crippen LogP contribution in [0.4, 0.5) is 0 Å². The van der Waals surface area contributed by atoms with Crippen LogP contribution in [0.5, 0.6) is 0 Å². The molecule has 1 aliphatic heterocycles. The molecule has 1 aromatic rings. The standard InChI is InChI=1S/C17H23NO3/c1-14(11-15-5-3-2-4-6-15)16(20)18-12-17(13-19)7-9-21-10-8-17/h2-6,11,19H,7-10,12-13H2,1H3,(H,18,20)/b14-11+. The minimum atomic E-state index is -0.235. The monoisotopic (exact) mass is 289 g/mol. The molecule has 0 bridgehead atoms. The summed E-state index contributed by atoms with van der Waals surface area (Å²) in [7, 11) is 0. The summed E-state index contributed by atoms with van der Waals surface area (Å²) >= 11 is 0. The third-order valence-electron chi connectivity index (χ3n) is 4.05. The Balaban J connectivity index is 1.93. The van der Waals surface area contributed by atoms with Crippen molar-refractivity contribution in [2.75, 3.05) is 26.4 Å². The predicted molar refractivity (Wildman–Crippen MR) is 82.7 cm³/mol. The Morgan fingerprint density at radius 1 is 1.33 bits per heavy atom. The van der Waals surface area contributed by atoms with Crippen molar-refractivity contribution in [1.82, 2.24) is 5.32 Å². The fourth-order valence-electron chi connectivity index (χ4n) is 2.47. The first-order valence-corrected chi connectivity index (χ1v) is 7.35. The van der Waals surface area contributed by atoms with Gasteiger partial charge in [0.1, 0.15) is 0 Å². The molecule has 0 radical (unpaired) electrons. The van der Waals surface area contributed by atoms with Gasteiger partial charge in [0, 0.05) is 30.7 Å². The maximum Gasteiger partial charge on any atom is 0.246 e. The Morgan fingerprint density at radius 3 is 2.62 bits per heavy atom. The maximum atomic E-state index is 12.2. The Labute approximate surface area is 125 Å². The molecule has 1 aromatic carbocycles. The van der Waals surface area contributed by atoms with Crippen molar-refractivity contribution in [3.8, 4) is 0 Å². The summed E-state index contributed by atoms with van der Waals surface area (Å²) in [6.07, 6.45) is 3.43. The molecule has 1 aliphatic rings. The summed E-state index contributed by atoms with van der Waals surface area (Å²) in [6.45, 7) is 3.67. The number of amides is 1. The molecule has 2 rings (SSSR count). The van der Waals surface area contributed by atoms with E-state index < -0.39 is 0 Å². The van der Waals surface area contributed by atoms with E-state index in [4.69, 9.17) is 4.74 Å². The van der Waals surface area contributed by atoms with Crippen molar-refractivity contribution in [2.24, 2.45) is 5.41 Å². The minimum absolute atomic E-state index is 0.0814. The van der Waals surface area contributed by atoms with Gasteiger partial charge in [-0.25, -0.2) is 0 Å². The van der Waals surface area contributed by atoms with Gasteiger partial charge in [0.15, 0.2) is 0 Å². The van der Waals surface area contributed by atoms with Gasteiger partial charge in [-0.1, -0.05) is 30.3 Å². The molecule has 0 unspecified atom stereocenters. The second-order valence-corrected chi connectivity index (χ2v) is 5.69. The van der Waals surface area contributed by atoms with E-state index >= 15 is 0 Å². The molecule has 4 heteroatoms. The molecule has 1 heterocycles. The van der Waals surface area contributed by atoms with E-state index in [1.807, 2.05) is 36.4 Å². The van der Waals surface area contributed by atoms with Crippen LogP contribution in [-0.2, 0) is 9.53 Å². The molecule has 1 fully saturated rings. The highest BCUT2D eigenvalue weighted by Crippen LogP contribution is 2.29. The Kier molecular flexibility index (Phi) is 5.53. The van der Waals surface area contributed by atoms with E-state index in [0.717, 1.165) is 18.4 Å². The SMILES string of the molecule is C/C(=C\c1ccccc1)C(=O)NCC1(CO)CCOCC1. The molecule has 2 N–H and O–H groups in total. The smallest absolute Gasteiger partial charge is 0.246 e. The Hall–Kier alpha value is -1.65. The van der Waals surface area contributed by atoms with Crippen LogP contribution in [0.15, 0.2) is 35.9 Å². The fraction of sp³-hybridized carbons (Fsp3) is 0.471. The van der Waals surface area contributed by atoms with Gasteiger partial charge in [0.05, 0.1) is 6.61 Å². The van der Waals surface area contributed by atoms with E-state index in [9.17, 15) is 9.90 Å². The molecule has 1 amide bonds. The second kappa shape index (κ2) is 7.38. The van der Waals surface area contributed by atoms with E-state index in [0.29, 0.717) is 25.3 Å². The molecular weight excluding hydrogens is 266 g/mol. The molecule has 21 heavy (non-hydrogen) atoms. The summed E-state index contributed by atoms with van der Waals surface area (Å²) in [5.74, 6) is -0.0850. The maximum absolute atomic E-state index is 12.2. The summed E-state index contributed by atoms with van der Waals surface area (Å²) in [5.41, 5.74) is 1.44. The molecular formula is C17H23NO3. The molecule has 0 aliphatic carbocycles. The van der Waals surface area contributed by atoms with Crippen molar-refractivity contribution in [2.45, 2.75) is 19.8 Å². The zero-order valence-electron chi connectivity index (χ0n) is 12.5. The Morgan fingerprint density at radius 2 is 2.00 bits per heavy atom. The number of aliphatic hydroxyl groups is 1. The first-order valence-electron chi connectivity index (χ1n) is 7.35. The zero-order chi connectivity index (χ0) is 15.1. The highest BCUT2D eigenvalue weighted by molar-refractivity contribution is 5.97. The number of hydrogen-bond donors (Lipinski definition) is 2. The van der Waals surface area contributed by atoms with Crippen LogP contribution in [0.25, 0.3) is 6.08 Å². The van der Waals surface area contributed by atoms with Crippen LogP contribution >= 0.6 is 0 Å². The van der Waals surface area contributed by atoms with Gasteiger partial charge in [-0.2, -0.15) is 0 Å². The summed E-state index contributed by atoms with van der Waals surface area (Å²) in [6, 6.07) is 9.76. The minimum Gasteiger partial charge on any atom is -0.396 e. The highest BCUT2D eigenvalue weighted by Gasteiger charge is 2.32. The van der Waals surface area contributed by atoms with Crippen LogP contribution in [0.1, 0.15) is 25.3 Å². The van der Waals surface area contributed by atoms with Gasteiger partial charge < -0.3 is 15.2 Å². The van der Waals surface area contributed by atoms with Crippen molar-refractivity contribution >= 4 is 12.0 Å². The largest absolute Gasteiger partial charge is 0.396 e. The third-order valence-corrected chi connectivity index (χ3v) is 4.05. The third kappa shape index (κ3) is 4.41. The van der Waals surface area contributed by atoms with Crippen LogP contribution in [0.2, 0.25) is 0 Å². The topological polar surface area (TPSA) is 58.6 Å². The number of ether oxygens (including phenoxy) is 1. The molecule has 0 atom stereocenters. The van der Waals surface area contributed by atoms with Gasteiger partial charge in [-0.05, 0) is 31.4 Å². The van der Waals surface area contributed by atoms with Crippen LogP contribution in [0, 0.1) is 5.41 Å². The van der Waals surface area contributed by atoms with Crippen LogP contribution in [0.3, 0.4) is 0 Å². The van der Waals surface area contributed by atoms with Crippen molar-refractivity contribution < 1.29 is 14.6 Å². The Bertz CT molecular complexity index is 490. The quantitative estimate of drug-likeness (QED) is 0.815. The number of carbonyl (C=O) groups is 1. The summed E-state index contributed by atoms with van der Waals surface area (Å²) in [5, 5.41) is 12.5. The van der Waals surface area contributed by atoms with Gasteiger partial charge in [-0.3, -0.25) is 4.79 Å². The molecule has 4 nitrogen and oxygen atoms in total. The fourth-order valence-corrected chi connectivity index (χ4v) is 2.47. The highest BCUT2D eigenvalue weighted by atomic mass is 16.5. The number of benzene rings is 1. The number of nitrogens with one attached hydrogen (secondary N) is 1. The zero-order valence-corrected chi connectivity index (χ0v) is 12.5. The van der Waals surface area contributed by atoms with Crippen LogP contribution in [-0.4, -0.2) is 37.4 Å². The lowest BCUT2D eigenvalue weighted by Gasteiger charge is -2.35. The number of rotatable bonds is 5. The average Bonchev–Trinajstić information content (AvgIpc) is 2.54. The summed E-state index contributed by atoms with van der Waals surface area (Å²) in [4.78, 5) is 12.2. The molecule has 0 aromatic heterocycles. The predicted octanol–water partition coefficient (Wildman–Crippen LogP) is 2.00. The lowest BCUT2D eigenvalue weighted by molar-refractivity contribution is -0.118. The van der Waals surface area contributed by atoms with Gasteiger partial charge >= 0.3 is 0 Å². The lowest BCUT2D eigenvalue weighted by atomic mass is 9.81. The van der Waals surface area contributed by atoms with Gasteiger partial charge in [0.2, 0.25) is 5.91 Å². The molecule has 1 saturated heterocycles. The molecule has 0 spiro atoms. The van der Waals surface area contributed by atoms with Crippen molar-refractivity contribution in [1.29, 1.82) is 0 Å². The first kappa shape index (κ1) is 15.7. The number of hydrogen-bond acceptors (Lipinski definition) is 3. The normalized spacial score (nSPS) is 18.3. The van der Waals surface area contributed by atoms with Crippen molar-refractivity contribution in [3.63, 3.8) is 0 Å².